The van der Waals surface area contributed by atoms with Gasteiger partial charge in [0.15, 0.2) is 0 Å². The van der Waals surface area contributed by atoms with Gasteiger partial charge in [0.05, 0.1) is 0 Å². The Labute approximate surface area is 143 Å². The van der Waals surface area contributed by atoms with Gasteiger partial charge in [-0.25, -0.2) is 0 Å². The van der Waals surface area contributed by atoms with Crippen molar-refractivity contribution in [3.05, 3.63) is 0 Å². The highest BCUT2D eigenvalue weighted by atomic mass is 16.4. The van der Waals surface area contributed by atoms with Crippen molar-refractivity contribution in [1.29, 1.82) is 0 Å². The number of carboxylic acid groups (broad SMARTS) is 1. The summed E-state index contributed by atoms with van der Waals surface area (Å²) in [6, 6.07) is 0. The lowest BCUT2D eigenvalue weighted by molar-refractivity contribution is -0.137. The molecule has 0 atom stereocenters. The van der Waals surface area contributed by atoms with Crippen LogP contribution in [0.15, 0.2) is 0 Å². The van der Waals surface area contributed by atoms with Crippen LogP contribution < -0.4 is 0 Å². The van der Waals surface area contributed by atoms with Crippen molar-refractivity contribution in [2.24, 2.45) is 23.7 Å². The molecule has 0 heterocycles. The molecule has 2 aliphatic carbocycles. The van der Waals surface area contributed by atoms with Crippen LogP contribution in [0.25, 0.3) is 0 Å². The standard InChI is InChI=1S/C21H38O2/c1-2-6-17-9-13-19(14-10-17)20-15-11-18(12-16-20)7-4-3-5-8-21(22)23/h17-20H,2-16H2,1H3,(H,22,23)/t17-,18-,19-,20-. The minimum atomic E-state index is -0.640. The molecule has 0 aromatic heterocycles. The Morgan fingerprint density at radius 2 is 1.30 bits per heavy atom. The van der Waals surface area contributed by atoms with Crippen LogP contribution in [0.1, 0.15) is 103 Å². The number of rotatable bonds is 9. The van der Waals surface area contributed by atoms with Crippen molar-refractivity contribution >= 4 is 5.97 Å². The van der Waals surface area contributed by atoms with E-state index in [9.17, 15) is 4.79 Å². The fraction of sp³-hybridized carbons (Fsp3) is 0.952. The zero-order valence-corrected chi connectivity index (χ0v) is 15.3. The first-order valence-electron chi connectivity index (χ1n) is 10.4. The second-order valence-electron chi connectivity index (χ2n) is 8.34. The van der Waals surface area contributed by atoms with E-state index >= 15 is 0 Å². The molecule has 0 saturated heterocycles. The number of hydrogen-bond donors (Lipinski definition) is 1. The summed E-state index contributed by atoms with van der Waals surface area (Å²) in [6.07, 6.45) is 19.6. The lowest BCUT2D eigenvalue weighted by Gasteiger charge is -2.38. The molecule has 0 unspecified atom stereocenters. The van der Waals surface area contributed by atoms with Gasteiger partial charge in [0.2, 0.25) is 0 Å². The fourth-order valence-corrected chi connectivity index (χ4v) is 5.19. The molecule has 0 amide bonds. The molecule has 2 heteroatoms. The summed E-state index contributed by atoms with van der Waals surface area (Å²) in [5.74, 6) is 3.41. The quantitative estimate of drug-likeness (QED) is 0.496. The van der Waals surface area contributed by atoms with Crippen LogP contribution in [0.4, 0.5) is 0 Å². The Kier molecular flexibility index (Phi) is 8.47. The Morgan fingerprint density at radius 1 is 0.783 bits per heavy atom. The van der Waals surface area contributed by atoms with E-state index in [0.717, 1.165) is 36.5 Å². The SMILES string of the molecule is CCC[C@H]1CC[C@H]([C@H]2CC[C@H](CCCCCC(=O)O)CC2)CC1. The predicted molar refractivity (Wildman–Crippen MR) is 96.5 cm³/mol. The number of carboxylic acids is 1. The molecule has 2 fully saturated rings. The molecule has 2 saturated carbocycles. The van der Waals surface area contributed by atoms with E-state index < -0.39 is 5.97 Å². The first kappa shape index (κ1) is 18.8. The van der Waals surface area contributed by atoms with Crippen LogP contribution >= 0.6 is 0 Å². The molecule has 0 aromatic carbocycles. The molecule has 2 rings (SSSR count). The molecule has 134 valence electrons. The second kappa shape index (κ2) is 10.4. The van der Waals surface area contributed by atoms with Crippen LogP contribution in [-0.4, -0.2) is 11.1 Å². The van der Waals surface area contributed by atoms with Crippen molar-refractivity contribution in [2.45, 2.75) is 103 Å². The van der Waals surface area contributed by atoms with Crippen molar-refractivity contribution in [2.75, 3.05) is 0 Å². The van der Waals surface area contributed by atoms with E-state index in [0.29, 0.717) is 6.42 Å². The number of hydrogen-bond acceptors (Lipinski definition) is 1. The van der Waals surface area contributed by atoms with Gasteiger partial charge in [0, 0.05) is 6.42 Å². The van der Waals surface area contributed by atoms with E-state index in [-0.39, 0.29) is 0 Å². The first-order valence-corrected chi connectivity index (χ1v) is 10.4. The Balaban J connectivity index is 1.55. The minimum absolute atomic E-state index is 0.355. The number of carbonyl (C=O) groups is 1. The van der Waals surface area contributed by atoms with Gasteiger partial charge in [-0.15, -0.1) is 0 Å². The summed E-state index contributed by atoms with van der Waals surface area (Å²) < 4.78 is 0. The fourth-order valence-electron chi connectivity index (χ4n) is 5.19. The van der Waals surface area contributed by atoms with Crippen molar-refractivity contribution in [1.82, 2.24) is 0 Å². The second-order valence-corrected chi connectivity index (χ2v) is 8.34. The topological polar surface area (TPSA) is 37.3 Å². The maximum Gasteiger partial charge on any atom is 0.303 e. The van der Waals surface area contributed by atoms with E-state index in [4.69, 9.17) is 5.11 Å². The smallest absolute Gasteiger partial charge is 0.303 e. The van der Waals surface area contributed by atoms with Gasteiger partial charge in [0.25, 0.3) is 0 Å². The highest BCUT2D eigenvalue weighted by Gasteiger charge is 2.30. The van der Waals surface area contributed by atoms with Crippen LogP contribution in [0.5, 0.6) is 0 Å². The molecule has 2 aliphatic rings. The van der Waals surface area contributed by atoms with Crippen LogP contribution in [0, 0.1) is 23.7 Å². The summed E-state index contributed by atoms with van der Waals surface area (Å²) in [4.78, 5) is 10.5. The molecule has 0 aliphatic heterocycles. The molecule has 1 N–H and O–H groups in total. The summed E-state index contributed by atoms with van der Waals surface area (Å²) in [6.45, 7) is 2.33. The average molecular weight is 323 g/mol. The maximum atomic E-state index is 10.5. The third kappa shape index (κ3) is 6.85. The predicted octanol–water partition coefficient (Wildman–Crippen LogP) is 6.43. The normalized spacial score (nSPS) is 31.9. The van der Waals surface area contributed by atoms with Gasteiger partial charge in [0.1, 0.15) is 0 Å². The largest absolute Gasteiger partial charge is 0.481 e. The highest BCUT2D eigenvalue weighted by Crippen LogP contribution is 2.43. The highest BCUT2D eigenvalue weighted by molar-refractivity contribution is 5.66. The molecule has 23 heavy (non-hydrogen) atoms. The molecule has 0 bridgehead atoms. The summed E-state index contributed by atoms with van der Waals surface area (Å²) in [5, 5.41) is 8.66. The van der Waals surface area contributed by atoms with E-state index in [1.165, 1.54) is 77.0 Å². The molecule has 0 aromatic rings. The zero-order valence-electron chi connectivity index (χ0n) is 15.3. The average Bonchev–Trinajstić information content (AvgIpc) is 2.56. The Morgan fingerprint density at radius 3 is 1.78 bits per heavy atom. The molecule has 0 radical (unpaired) electrons. The third-order valence-electron chi connectivity index (χ3n) is 6.65. The van der Waals surface area contributed by atoms with Crippen molar-refractivity contribution in [3.8, 4) is 0 Å². The first-order chi connectivity index (χ1) is 11.2. The van der Waals surface area contributed by atoms with Gasteiger partial charge in [-0.3, -0.25) is 4.79 Å². The molecule has 2 nitrogen and oxygen atoms in total. The van der Waals surface area contributed by atoms with E-state index in [1.807, 2.05) is 0 Å². The van der Waals surface area contributed by atoms with Crippen molar-refractivity contribution in [3.63, 3.8) is 0 Å². The lowest BCUT2D eigenvalue weighted by atomic mass is 9.68. The maximum absolute atomic E-state index is 10.5. The van der Waals surface area contributed by atoms with Gasteiger partial charge in [-0.05, 0) is 55.8 Å². The third-order valence-corrected chi connectivity index (χ3v) is 6.65. The van der Waals surface area contributed by atoms with Gasteiger partial charge in [-0.1, -0.05) is 64.7 Å². The molecular weight excluding hydrogens is 284 g/mol. The van der Waals surface area contributed by atoms with Crippen molar-refractivity contribution < 1.29 is 9.90 Å². The number of aliphatic carboxylic acids is 1. The van der Waals surface area contributed by atoms with Crippen LogP contribution in [-0.2, 0) is 4.79 Å². The monoisotopic (exact) mass is 322 g/mol. The van der Waals surface area contributed by atoms with Crippen LogP contribution in [0.2, 0.25) is 0 Å². The van der Waals surface area contributed by atoms with E-state index in [1.54, 1.807) is 0 Å². The van der Waals surface area contributed by atoms with Crippen LogP contribution in [0.3, 0.4) is 0 Å². The van der Waals surface area contributed by atoms with Gasteiger partial charge < -0.3 is 5.11 Å². The minimum Gasteiger partial charge on any atom is -0.481 e. The summed E-state index contributed by atoms with van der Waals surface area (Å²) >= 11 is 0. The molecule has 0 spiro atoms. The lowest BCUT2D eigenvalue weighted by Crippen LogP contribution is -2.25. The Bertz CT molecular complexity index is 323. The van der Waals surface area contributed by atoms with Gasteiger partial charge >= 0.3 is 5.97 Å². The summed E-state index contributed by atoms with van der Waals surface area (Å²) in [7, 11) is 0. The number of unbranched alkanes of at least 4 members (excludes halogenated alkanes) is 2. The Hall–Kier alpha value is -0.530. The zero-order chi connectivity index (χ0) is 16.5. The van der Waals surface area contributed by atoms with Gasteiger partial charge in [-0.2, -0.15) is 0 Å². The summed E-state index contributed by atoms with van der Waals surface area (Å²) in [5.41, 5.74) is 0. The molecular formula is C21H38O2. The van der Waals surface area contributed by atoms with E-state index in [2.05, 4.69) is 6.92 Å².